The summed E-state index contributed by atoms with van der Waals surface area (Å²) in [6, 6.07) is 0. The van der Waals surface area contributed by atoms with Gasteiger partial charge in [0.1, 0.15) is 13.2 Å². The maximum atomic E-state index is 11.6. The van der Waals surface area contributed by atoms with Crippen LogP contribution in [0.2, 0.25) is 0 Å². The van der Waals surface area contributed by atoms with Gasteiger partial charge in [-0.15, -0.1) is 0 Å². The van der Waals surface area contributed by atoms with E-state index in [1.165, 1.54) is 0 Å². The fourth-order valence-corrected chi connectivity index (χ4v) is 1.87. The minimum Gasteiger partial charge on any atom is -0.461 e. The molecule has 0 fully saturated rings. The second-order valence-electron chi connectivity index (χ2n) is 6.36. The van der Waals surface area contributed by atoms with E-state index in [0.29, 0.717) is 13.2 Å². The molecule has 0 bridgehead atoms. The quantitative estimate of drug-likeness (QED) is 0.167. The fraction of sp³-hybridized carbons (Fsp3) is 0.800. The second-order valence-corrected chi connectivity index (χ2v) is 6.36. The Hall–Kier alpha value is -2.24. The highest BCUT2D eigenvalue weighted by atomic mass is 16.6. The molecule has 0 heterocycles. The van der Waals surface area contributed by atoms with Gasteiger partial charge in [0.2, 0.25) is 0 Å². The Balaban J connectivity index is 3.81. The summed E-state index contributed by atoms with van der Waals surface area (Å²) in [6.07, 6.45) is 1.21. The van der Waals surface area contributed by atoms with Crippen molar-refractivity contribution in [2.24, 2.45) is 0 Å². The van der Waals surface area contributed by atoms with Gasteiger partial charge in [0, 0.05) is 13.2 Å². The summed E-state index contributed by atoms with van der Waals surface area (Å²) in [5.74, 6) is -3.80. The number of carbonyl (C=O) groups is 4. The zero-order valence-electron chi connectivity index (χ0n) is 18.3. The lowest BCUT2D eigenvalue weighted by molar-refractivity contribution is -0.168. The standard InChI is InChI=1S/C20H34O11/c1-3-5-7-26-9-11-28-18(23)14-30-17(22)13-16(21)20(25)31-15-19(24)29-12-10-27-8-6-4-2/h16,21H,3-15H2,1-2H3. The van der Waals surface area contributed by atoms with Crippen molar-refractivity contribution < 1.29 is 52.7 Å². The van der Waals surface area contributed by atoms with Crippen LogP contribution in [0.25, 0.3) is 0 Å². The van der Waals surface area contributed by atoms with Crippen LogP contribution in [0.15, 0.2) is 0 Å². The lowest BCUT2D eigenvalue weighted by atomic mass is 10.2. The molecular weight excluding hydrogens is 416 g/mol. The molecule has 11 nitrogen and oxygen atoms in total. The van der Waals surface area contributed by atoms with E-state index in [4.69, 9.17) is 18.9 Å². The van der Waals surface area contributed by atoms with Crippen molar-refractivity contribution in [3.63, 3.8) is 0 Å². The van der Waals surface area contributed by atoms with Gasteiger partial charge in [0.25, 0.3) is 0 Å². The molecule has 1 atom stereocenters. The molecule has 0 rings (SSSR count). The summed E-state index contributed by atoms with van der Waals surface area (Å²) in [5.41, 5.74) is 0. The van der Waals surface area contributed by atoms with E-state index in [-0.39, 0.29) is 26.4 Å². The molecule has 0 radical (unpaired) electrons. The Morgan fingerprint density at radius 1 is 0.645 bits per heavy atom. The van der Waals surface area contributed by atoms with Crippen LogP contribution in [0.4, 0.5) is 0 Å². The molecule has 0 spiro atoms. The number of carbonyl (C=O) groups excluding carboxylic acids is 4. The summed E-state index contributed by atoms with van der Waals surface area (Å²) in [7, 11) is 0. The molecule has 0 aromatic carbocycles. The molecule has 1 N–H and O–H groups in total. The number of hydrogen-bond acceptors (Lipinski definition) is 11. The van der Waals surface area contributed by atoms with Gasteiger partial charge in [0.15, 0.2) is 19.3 Å². The summed E-state index contributed by atoms with van der Waals surface area (Å²) in [5, 5.41) is 9.63. The highest BCUT2D eigenvalue weighted by Gasteiger charge is 2.23. The van der Waals surface area contributed by atoms with Crippen LogP contribution in [0.5, 0.6) is 0 Å². The Morgan fingerprint density at radius 3 is 1.61 bits per heavy atom. The lowest BCUT2D eigenvalue weighted by Gasteiger charge is -2.11. The third kappa shape index (κ3) is 18.3. The van der Waals surface area contributed by atoms with Crippen molar-refractivity contribution in [2.75, 3.05) is 52.9 Å². The van der Waals surface area contributed by atoms with Gasteiger partial charge in [-0.05, 0) is 12.8 Å². The Morgan fingerprint density at radius 2 is 1.13 bits per heavy atom. The number of aliphatic hydroxyl groups is 1. The third-order valence-electron chi connectivity index (χ3n) is 3.58. The monoisotopic (exact) mass is 450 g/mol. The van der Waals surface area contributed by atoms with E-state index in [2.05, 4.69) is 9.47 Å². The zero-order valence-corrected chi connectivity index (χ0v) is 18.3. The van der Waals surface area contributed by atoms with Gasteiger partial charge < -0.3 is 33.5 Å². The average molecular weight is 450 g/mol. The summed E-state index contributed by atoms with van der Waals surface area (Å²) >= 11 is 0. The van der Waals surface area contributed by atoms with E-state index in [9.17, 15) is 24.3 Å². The topological polar surface area (TPSA) is 144 Å². The van der Waals surface area contributed by atoms with Gasteiger partial charge in [-0.3, -0.25) is 4.79 Å². The van der Waals surface area contributed by atoms with E-state index < -0.39 is 49.6 Å². The molecule has 1 unspecified atom stereocenters. The fourth-order valence-electron chi connectivity index (χ4n) is 1.87. The molecule has 0 aromatic heterocycles. The number of ether oxygens (including phenoxy) is 6. The minimum atomic E-state index is -1.85. The number of hydrogen-bond donors (Lipinski definition) is 1. The molecule has 0 saturated carbocycles. The summed E-state index contributed by atoms with van der Waals surface area (Å²) < 4.78 is 29.2. The second kappa shape index (κ2) is 19.7. The normalized spacial score (nSPS) is 11.5. The molecule has 0 aliphatic heterocycles. The Kier molecular flexibility index (Phi) is 18.3. The van der Waals surface area contributed by atoms with Crippen molar-refractivity contribution in [3.05, 3.63) is 0 Å². The summed E-state index contributed by atoms with van der Waals surface area (Å²) in [4.78, 5) is 46.0. The predicted molar refractivity (Wildman–Crippen MR) is 106 cm³/mol. The van der Waals surface area contributed by atoms with E-state index in [1.807, 2.05) is 13.8 Å². The van der Waals surface area contributed by atoms with Gasteiger partial charge in [-0.1, -0.05) is 26.7 Å². The third-order valence-corrected chi connectivity index (χ3v) is 3.58. The molecular formula is C20H34O11. The summed E-state index contributed by atoms with van der Waals surface area (Å²) in [6.45, 7) is 4.29. The number of rotatable bonds is 19. The SMILES string of the molecule is CCCCOCCOC(=O)COC(=O)CC(O)C(=O)OCC(=O)OCCOCCCC. The highest BCUT2D eigenvalue weighted by molar-refractivity contribution is 5.84. The first-order valence-corrected chi connectivity index (χ1v) is 10.4. The van der Waals surface area contributed by atoms with E-state index in [0.717, 1.165) is 25.7 Å². The molecule has 11 heteroatoms. The van der Waals surface area contributed by atoms with Crippen LogP contribution < -0.4 is 0 Å². The molecule has 0 amide bonds. The Labute approximate surface area is 182 Å². The molecule has 180 valence electrons. The first-order valence-electron chi connectivity index (χ1n) is 10.4. The van der Waals surface area contributed by atoms with Gasteiger partial charge >= 0.3 is 23.9 Å². The van der Waals surface area contributed by atoms with E-state index in [1.54, 1.807) is 0 Å². The van der Waals surface area contributed by atoms with Crippen LogP contribution in [-0.2, 0) is 47.6 Å². The molecule has 0 aliphatic carbocycles. The van der Waals surface area contributed by atoms with Crippen LogP contribution in [0, 0.1) is 0 Å². The first-order chi connectivity index (χ1) is 14.9. The highest BCUT2D eigenvalue weighted by Crippen LogP contribution is 1.99. The number of esters is 4. The number of aliphatic hydroxyl groups excluding tert-OH is 1. The van der Waals surface area contributed by atoms with Crippen LogP contribution in [0.3, 0.4) is 0 Å². The van der Waals surface area contributed by atoms with Crippen molar-refractivity contribution in [3.8, 4) is 0 Å². The van der Waals surface area contributed by atoms with Crippen LogP contribution in [0.1, 0.15) is 46.0 Å². The van der Waals surface area contributed by atoms with E-state index >= 15 is 0 Å². The largest absolute Gasteiger partial charge is 0.461 e. The first kappa shape index (κ1) is 28.8. The van der Waals surface area contributed by atoms with Crippen molar-refractivity contribution >= 4 is 23.9 Å². The predicted octanol–water partition coefficient (Wildman–Crippen LogP) is 0.544. The average Bonchev–Trinajstić information content (AvgIpc) is 2.75. The lowest BCUT2D eigenvalue weighted by Crippen LogP contribution is -2.30. The van der Waals surface area contributed by atoms with Crippen LogP contribution >= 0.6 is 0 Å². The molecule has 0 aromatic rings. The minimum absolute atomic E-state index is 0.00986. The van der Waals surface area contributed by atoms with Gasteiger partial charge in [-0.2, -0.15) is 0 Å². The smallest absolute Gasteiger partial charge is 0.344 e. The van der Waals surface area contributed by atoms with Gasteiger partial charge in [0.05, 0.1) is 19.6 Å². The molecule has 0 aliphatic rings. The molecule has 31 heavy (non-hydrogen) atoms. The maximum absolute atomic E-state index is 11.6. The van der Waals surface area contributed by atoms with Crippen LogP contribution in [-0.4, -0.2) is 87.9 Å². The number of unbranched alkanes of at least 4 members (excludes halogenated alkanes) is 2. The maximum Gasteiger partial charge on any atom is 0.344 e. The van der Waals surface area contributed by atoms with Crippen molar-refractivity contribution in [1.82, 2.24) is 0 Å². The zero-order chi connectivity index (χ0) is 23.3. The Bertz CT molecular complexity index is 521. The van der Waals surface area contributed by atoms with Crippen molar-refractivity contribution in [1.29, 1.82) is 0 Å². The van der Waals surface area contributed by atoms with Gasteiger partial charge in [-0.25, -0.2) is 14.4 Å². The van der Waals surface area contributed by atoms with Crippen molar-refractivity contribution in [2.45, 2.75) is 52.1 Å². The molecule has 0 saturated heterocycles.